The van der Waals surface area contributed by atoms with Crippen molar-refractivity contribution in [2.24, 2.45) is 5.92 Å². The molecular formula is C13H17Cl2NO. The first-order valence-corrected chi connectivity index (χ1v) is 6.66. The summed E-state index contributed by atoms with van der Waals surface area (Å²) in [6.45, 7) is 4.75. The van der Waals surface area contributed by atoms with Gasteiger partial charge in [-0.1, -0.05) is 36.2 Å². The first kappa shape index (κ1) is 13.2. The molecule has 1 aliphatic heterocycles. The zero-order chi connectivity index (χ0) is 12.4. The fourth-order valence-corrected chi connectivity index (χ4v) is 2.72. The smallest absolute Gasteiger partial charge is 0.0590 e. The van der Waals surface area contributed by atoms with Gasteiger partial charge in [-0.2, -0.15) is 0 Å². The van der Waals surface area contributed by atoms with E-state index >= 15 is 0 Å². The highest BCUT2D eigenvalue weighted by Crippen LogP contribution is 2.24. The molecule has 1 saturated heterocycles. The summed E-state index contributed by atoms with van der Waals surface area (Å²) >= 11 is 12.0. The van der Waals surface area contributed by atoms with Crippen molar-refractivity contribution in [3.63, 3.8) is 0 Å². The first-order valence-electron chi connectivity index (χ1n) is 5.90. The van der Waals surface area contributed by atoms with Gasteiger partial charge in [0.2, 0.25) is 0 Å². The number of likely N-dealkylation sites (tertiary alicyclic amines) is 1. The van der Waals surface area contributed by atoms with Gasteiger partial charge in [0.15, 0.2) is 0 Å². The summed E-state index contributed by atoms with van der Waals surface area (Å²) in [6, 6.07) is 5.62. The van der Waals surface area contributed by atoms with E-state index in [1.807, 2.05) is 12.1 Å². The molecule has 94 valence electrons. The fraction of sp³-hybridized carbons (Fsp3) is 0.538. The third-order valence-electron chi connectivity index (χ3n) is 3.35. The number of aliphatic hydroxyl groups excluding tert-OH is 1. The van der Waals surface area contributed by atoms with Gasteiger partial charge in [-0.3, -0.25) is 4.90 Å². The predicted octanol–water partition coefficient (Wildman–Crippen LogP) is 3.20. The molecular weight excluding hydrogens is 257 g/mol. The zero-order valence-corrected chi connectivity index (χ0v) is 11.4. The molecule has 2 unspecified atom stereocenters. The van der Waals surface area contributed by atoms with E-state index in [4.69, 9.17) is 23.2 Å². The summed E-state index contributed by atoms with van der Waals surface area (Å²) in [7, 11) is 0. The van der Waals surface area contributed by atoms with Gasteiger partial charge in [0.25, 0.3) is 0 Å². The van der Waals surface area contributed by atoms with Crippen LogP contribution in [0.4, 0.5) is 0 Å². The monoisotopic (exact) mass is 273 g/mol. The van der Waals surface area contributed by atoms with E-state index in [-0.39, 0.29) is 6.10 Å². The van der Waals surface area contributed by atoms with Crippen molar-refractivity contribution >= 4 is 23.2 Å². The van der Waals surface area contributed by atoms with Gasteiger partial charge in [-0.05, 0) is 30.0 Å². The Bertz CT molecular complexity index is 397. The number of benzene rings is 1. The van der Waals surface area contributed by atoms with Crippen LogP contribution in [0.25, 0.3) is 0 Å². The number of rotatable bonds is 2. The van der Waals surface area contributed by atoms with E-state index in [2.05, 4.69) is 11.8 Å². The maximum Gasteiger partial charge on any atom is 0.0590 e. The van der Waals surface area contributed by atoms with Crippen molar-refractivity contribution in [2.75, 3.05) is 13.1 Å². The molecule has 0 saturated carbocycles. The Morgan fingerprint density at radius 1 is 1.41 bits per heavy atom. The summed E-state index contributed by atoms with van der Waals surface area (Å²) in [5.41, 5.74) is 1.10. The normalized spacial score (nSPS) is 26.1. The molecule has 1 heterocycles. The molecule has 1 N–H and O–H groups in total. The average Bonchev–Trinajstić information content (AvgIpc) is 2.27. The number of aliphatic hydroxyl groups is 1. The van der Waals surface area contributed by atoms with Gasteiger partial charge < -0.3 is 5.11 Å². The van der Waals surface area contributed by atoms with E-state index in [0.717, 1.165) is 36.6 Å². The third kappa shape index (κ3) is 3.35. The molecule has 2 nitrogen and oxygen atoms in total. The molecule has 1 fully saturated rings. The lowest BCUT2D eigenvalue weighted by atomic mass is 9.96. The predicted molar refractivity (Wildman–Crippen MR) is 71.5 cm³/mol. The third-order valence-corrected chi connectivity index (χ3v) is 3.94. The van der Waals surface area contributed by atoms with Crippen LogP contribution in [0.1, 0.15) is 18.9 Å². The molecule has 0 spiro atoms. The van der Waals surface area contributed by atoms with E-state index in [9.17, 15) is 5.11 Å². The Morgan fingerprint density at radius 3 is 2.82 bits per heavy atom. The van der Waals surface area contributed by atoms with E-state index in [0.29, 0.717) is 10.9 Å². The van der Waals surface area contributed by atoms with Crippen LogP contribution >= 0.6 is 23.2 Å². The molecule has 2 atom stereocenters. The lowest BCUT2D eigenvalue weighted by Gasteiger charge is -2.34. The Balaban J connectivity index is 2.01. The summed E-state index contributed by atoms with van der Waals surface area (Å²) in [4.78, 5) is 2.33. The van der Waals surface area contributed by atoms with Crippen molar-refractivity contribution in [3.05, 3.63) is 33.8 Å². The van der Waals surface area contributed by atoms with Gasteiger partial charge in [0.1, 0.15) is 0 Å². The molecule has 0 aliphatic carbocycles. The summed E-state index contributed by atoms with van der Waals surface area (Å²) < 4.78 is 0. The van der Waals surface area contributed by atoms with Crippen molar-refractivity contribution in [2.45, 2.75) is 26.0 Å². The van der Waals surface area contributed by atoms with Crippen molar-refractivity contribution in [1.82, 2.24) is 4.90 Å². The minimum atomic E-state index is -0.160. The fourth-order valence-electron chi connectivity index (χ4n) is 2.25. The number of nitrogens with zero attached hydrogens (tertiary/aromatic N) is 1. The molecule has 1 aromatic carbocycles. The average molecular weight is 274 g/mol. The first-order chi connectivity index (χ1) is 8.06. The molecule has 1 aromatic rings. The van der Waals surface area contributed by atoms with Gasteiger partial charge in [-0.15, -0.1) is 0 Å². The molecule has 0 amide bonds. The highest BCUT2D eigenvalue weighted by atomic mass is 35.5. The van der Waals surface area contributed by atoms with E-state index < -0.39 is 0 Å². The molecule has 17 heavy (non-hydrogen) atoms. The maximum atomic E-state index is 9.68. The molecule has 0 radical (unpaired) electrons. The molecule has 0 bridgehead atoms. The van der Waals surface area contributed by atoms with Gasteiger partial charge >= 0.3 is 0 Å². The van der Waals surface area contributed by atoms with Crippen LogP contribution in [0.15, 0.2) is 18.2 Å². The van der Waals surface area contributed by atoms with Gasteiger partial charge in [0.05, 0.1) is 6.10 Å². The molecule has 0 aromatic heterocycles. The van der Waals surface area contributed by atoms with Gasteiger partial charge in [0, 0.05) is 29.7 Å². The Morgan fingerprint density at radius 2 is 2.18 bits per heavy atom. The van der Waals surface area contributed by atoms with E-state index in [1.54, 1.807) is 6.07 Å². The second-order valence-corrected chi connectivity index (χ2v) is 5.65. The lowest BCUT2D eigenvalue weighted by Crippen LogP contribution is -2.41. The second kappa shape index (κ2) is 5.57. The van der Waals surface area contributed by atoms with Crippen LogP contribution in [-0.4, -0.2) is 29.2 Å². The number of piperidine rings is 1. The Hall–Kier alpha value is -0.280. The molecule has 2 rings (SSSR count). The van der Waals surface area contributed by atoms with Crippen LogP contribution in [0.5, 0.6) is 0 Å². The SMILES string of the molecule is CC1CN(Cc2ccc(Cl)cc2Cl)CCC1O. The Labute approximate surface area is 112 Å². The number of hydrogen-bond acceptors (Lipinski definition) is 2. The minimum absolute atomic E-state index is 0.160. The molecule has 1 aliphatic rings. The maximum absolute atomic E-state index is 9.68. The highest BCUT2D eigenvalue weighted by Gasteiger charge is 2.24. The number of hydrogen-bond donors (Lipinski definition) is 1. The van der Waals surface area contributed by atoms with Crippen LogP contribution in [0.2, 0.25) is 10.0 Å². The highest BCUT2D eigenvalue weighted by molar-refractivity contribution is 6.35. The zero-order valence-electron chi connectivity index (χ0n) is 9.87. The van der Waals surface area contributed by atoms with Crippen LogP contribution < -0.4 is 0 Å². The second-order valence-electron chi connectivity index (χ2n) is 4.80. The van der Waals surface area contributed by atoms with Crippen LogP contribution in [-0.2, 0) is 6.54 Å². The van der Waals surface area contributed by atoms with Crippen molar-refractivity contribution in [3.8, 4) is 0 Å². The topological polar surface area (TPSA) is 23.5 Å². The van der Waals surface area contributed by atoms with Gasteiger partial charge in [-0.25, -0.2) is 0 Å². The van der Waals surface area contributed by atoms with Crippen molar-refractivity contribution in [1.29, 1.82) is 0 Å². The summed E-state index contributed by atoms with van der Waals surface area (Å²) in [5.74, 6) is 0.329. The van der Waals surface area contributed by atoms with E-state index in [1.165, 1.54) is 0 Å². The van der Waals surface area contributed by atoms with Crippen LogP contribution in [0, 0.1) is 5.92 Å². The van der Waals surface area contributed by atoms with Crippen molar-refractivity contribution < 1.29 is 5.11 Å². The standard InChI is InChI=1S/C13H17Cl2NO/c1-9-7-16(5-4-13(9)17)8-10-2-3-11(14)6-12(10)15/h2-3,6,9,13,17H,4-5,7-8H2,1H3. The largest absolute Gasteiger partial charge is 0.393 e. The lowest BCUT2D eigenvalue weighted by molar-refractivity contribution is 0.0320. The minimum Gasteiger partial charge on any atom is -0.393 e. The Kier molecular flexibility index (Phi) is 4.31. The summed E-state index contributed by atoms with van der Waals surface area (Å²) in [5, 5.41) is 11.1. The quantitative estimate of drug-likeness (QED) is 0.895. The number of halogens is 2. The summed E-state index contributed by atoms with van der Waals surface area (Å²) in [6.07, 6.45) is 0.679. The molecule has 4 heteroatoms. The van der Waals surface area contributed by atoms with Crippen LogP contribution in [0.3, 0.4) is 0 Å².